The number of pyridine rings is 1. The van der Waals surface area contributed by atoms with Crippen molar-refractivity contribution in [1.82, 2.24) is 20.9 Å². The lowest BCUT2D eigenvalue weighted by Crippen LogP contribution is -2.33. The molecule has 0 aromatic carbocycles. The smallest absolute Gasteiger partial charge is 0.356 e. The Kier molecular flexibility index (Phi) is 15.0. The number of methoxy groups -OCH3 is 4. The van der Waals surface area contributed by atoms with Crippen molar-refractivity contribution >= 4 is 17.7 Å². The summed E-state index contributed by atoms with van der Waals surface area (Å²) in [5.41, 5.74) is 3.66. The van der Waals surface area contributed by atoms with Crippen LogP contribution in [0.5, 0.6) is 0 Å². The Morgan fingerprint density at radius 1 is 0.837 bits per heavy atom. The number of esters is 2. The van der Waals surface area contributed by atoms with E-state index in [4.69, 9.17) is 18.9 Å². The Hall–Kier alpha value is -4.78. The van der Waals surface area contributed by atoms with Gasteiger partial charge in [0, 0.05) is 75.8 Å². The quantitative estimate of drug-likeness (QED) is 0.155. The number of nitrogens with one attached hydrogen (secondary N) is 3. The van der Waals surface area contributed by atoms with Crippen LogP contribution in [0.15, 0.2) is 76.7 Å². The van der Waals surface area contributed by atoms with E-state index >= 15 is 0 Å². The topological polar surface area (TPSA) is 132 Å². The van der Waals surface area contributed by atoms with E-state index < -0.39 is 11.9 Å². The van der Waals surface area contributed by atoms with Gasteiger partial charge in [-0.3, -0.25) is 0 Å². The first-order chi connectivity index (χ1) is 23.9. The number of rotatable bonds is 14. The molecule has 258 valence electrons. The van der Waals surface area contributed by atoms with Gasteiger partial charge in [-0.15, -0.1) is 0 Å². The average molecular weight is 668 g/mol. The largest absolute Gasteiger partial charge is 0.497 e. The SMILES string of the molecule is COC(=O)C1=NC(CNCCNCCNCc2cc(C#CC3=CCC(OC)C=C3)cc(C(=O)OC)n2)=CC(C#CC2C=CC(OC)=CC2)C1. The van der Waals surface area contributed by atoms with Gasteiger partial charge in [-0.1, -0.05) is 41.9 Å². The second-order valence-electron chi connectivity index (χ2n) is 11.4. The van der Waals surface area contributed by atoms with Crippen LogP contribution in [0, 0.1) is 35.5 Å². The molecule has 0 fully saturated rings. The van der Waals surface area contributed by atoms with Crippen molar-refractivity contribution in [2.75, 3.05) is 61.2 Å². The van der Waals surface area contributed by atoms with Crippen molar-refractivity contribution < 1.29 is 28.5 Å². The van der Waals surface area contributed by atoms with Crippen molar-refractivity contribution in [3.8, 4) is 23.7 Å². The van der Waals surface area contributed by atoms with E-state index in [-0.39, 0.29) is 23.6 Å². The van der Waals surface area contributed by atoms with Crippen LogP contribution in [0.3, 0.4) is 0 Å². The van der Waals surface area contributed by atoms with Gasteiger partial charge in [0.2, 0.25) is 0 Å². The zero-order valence-corrected chi connectivity index (χ0v) is 28.6. The highest BCUT2D eigenvalue weighted by Crippen LogP contribution is 2.20. The van der Waals surface area contributed by atoms with Gasteiger partial charge in [0.25, 0.3) is 0 Å². The summed E-state index contributed by atoms with van der Waals surface area (Å²) >= 11 is 0. The second kappa shape index (κ2) is 19.9. The van der Waals surface area contributed by atoms with Crippen LogP contribution < -0.4 is 16.0 Å². The number of aliphatic imine (C=N–C) groups is 1. The maximum atomic E-state index is 12.3. The van der Waals surface area contributed by atoms with E-state index in [1.807, 2.05) is 48.6 Å². The molecule has 0 spiro atoms. The monoisotopic (exact) mass is 667 g/mol. The minimum absolute atomic E-state index is 0.0742. The summed E-state index contributed by atoms with van der Waals surface area (Å²) in [6.45, 7) is 3.85. The van der Waals surface area contributed by atoms with Gasteiger partial charge in [0.05, 0.1) is 38.8 Å². The Morgan fingerprint density at radius 2 is 1.59 bits per heavy atom. The van der Waals surface area contributed by atoms with Gasteiger partial charge in [-0.05, 0) is 49.3 Å². The van der Waals surface area contributed by atoms with Gasteiger partial charge in [-0.25, -0.2) is 19.6 Å². The van der Waals surface area contributed by atoms with Crippen molar-refractivity contribution in [3.63, 3.8) is 0 Å². The lowest BCUT2D eigenvalue weighted by atomic mass is 9.95. The third-order valence-electron chi connectivity index (χ3n) is 7.82. The Morgan fingerprint density at radius 3 is 2.27 bits per heavy atom. The Labute approximate surface area is 289 Å². The van der Waals surface area contributed by atoms with E-state index in [0.29, 0.717) is 49.6 Å². The molecule has 3 aliphatic rings. The van der Waals surface area contributed by atoms with E-state index in [0.717, 1.165) is 43.0 Å². The summed E-state index contributed by atoms with van der Waals surface area (Å²) in [5.74, 6) is 12.8. The lowest BCUT2D eigenvalue weighted by molar-refractivity contribution is -0.132. The molecule has 0 amide bonds. The van der Waals surface area contributed by atoms with Crippen molar-refractivity contribution in [2.24, 2.45) is 16.8 Å². The van der Waals surface area contributed by atoms with Crippen molar-refractivity contribution in [1.29, 1.82) is 0 Å². The maximum absolute atomic E-state index is 12.3. The first-order valence-corrected chi connectivity index (χ1v) is 16.3. The molecule has 3 unspecified atom stereocenters. The number of hydrogen-bond acceptors (Lipinski definition) is 11. The number of aromatic nitrogens is 1. The zero-order chi connectivity index (χ0) is 34.8. The number of ether oxygens (including phenoxy) is 4. The molecule has 11 nitrogen and oxygen atoms in total. The highest BCUT2D eigenvalue weighted by Gasteiger charge is 2.21. The fourth-order valence-electron chi connectivity index (χ4n) is 5.15. The standard InChI is InChI=1S/C38H45N5O6/c1-46-33-13-9-27(10-14-33)5-7-29-21-31(42-35(23-29)37(44)48-3)25-40-19-17-39-18-20-41-26-32-22-30(24-36(43-32)38(45)49-4)8-6-28-11-15-34(47-2)16-12-28/h9-11,13,15-16,21-23,28,30,33,39-41H,12,14,17-20,24-26H2,1-4H3. The molecule has 4 rings (SSSR count). The molecular weight excluding hydrogens is 622 g/mol. The van der Waals surface area contributed by atoms with Crippen molar-refractivity contribution in [3.05, 3.63) is 88.6 Å². The van der Waals surface area contributed by atoms with Crippen LogP contribution in [0.25, 0.3) is 0 Å². The van der Waals surface area contributed by atoms with Gasteiger partial charge in [0.1, 0.15) is 17.2 Å². The van der Waals surface area contributed by atoms with E-state index in [2.05, 4.69) is 49.6 Å². The van der Waals surface area contributed by atoms with Crippen molar-refractivity contribution in [2.45, 2.75) is 31.9 Å². The number of allylic oxidation sites excluding steroid dienone is 6. The summed E-state index contributed by atoms with van der Waals surface area (Å²) < 4.78 is 20.4. The third-order valence-corrected chi connectivity index (χ3v) is 7.82. The molecule has 3 atom stereocenters. The summed E-state index contributed by atoms with van der Waals surface area (Å²) in [7, 11) is 6.04. The predicted molar refractivity (Wildman–Crippen MR) is 188 cm³/mol. The number of carbonyl (C=O) groups is 2. The van der Waals surface area contributed by atoms with Crippen LogP contribution in [0.1, 0.15) is 41.0 Å². The molecule has 49 heavy (non-hydrogen) atoms. The van der Waals surface area contributed by atoms with E-state index in [1.54, 1.807) is 20.3 Å². The third kappa shape index (κ3) is 12.3. The van der Waals surface area contributed by atoms with Crippen LogP contribution in [-0.4, -0.2) is 89.9 Å². The van der Waals surface area contributed by atoms with Gasteiger partial charge in [0.15, 0.2) is 0 Å². The number of hydrogen-bond donors (Lipinski definition) is 3. The molecular formula is C38H45N5O6. The van der Waals surface area contributed by atoms with Gasteiger partial charge >= 0.3 is 11.9 Å². The summed E-state index contributed by atoms with van der Waals surface area (Å²) in [5, 5.41) is 10.1. The molecule has 0 saturated heterocycles. The molecule has 2 aliphatic carbocycles. The number of nitrogens with zero attached hydrogens (tertiary/aromatic N) is 2. The summed E-state index contributed by atoms with van der Waals surface area (Å²) in [4.78, 5) is 33.5. The fraction of sp³-hybridized carbons (Fsp3) is 0.421. The highest BCUT2D eigenvalue weighted by molar-refractivity contribution is 6.37. The van der Waals surface area contributed by atoms with Crippen LogP contribution in [0.4, 0.5) is 0 Å². The minimum Gasteiger partial charge on any atom is -0.497 e. The van der Waals surface area contributed by atoms with Crippen LogP contribution >= 0.6 is 0 Å². The Bertz CT molecular complexity index is 1650. The molecule has 11 heteroatoms. The van der Waals surface area contributed by atoms with E-state index in [1.165, 1.54) is 14.2 Å². The molecule has 3 N–H and O–H groups in total. The minimum atomic E-state index is -0.505. The summed E-state index contributed by atoms with van der Waals surface area (Å²) in [6, 6.07) is 3.52. The fourth-order valence-corrected chi connectivity index (χ4v) is 5.15. The second-order valence-corrected chi connectivity index (χ2v) is 11.4. The van der Waals surface area contributed by atoms with E-state index in [9.17, 15) is 9.59 Å². The van der Waals surface area contributed by atoms with Gasteiger partial charge in [-0.2, -0.15) is 0 Å². The zero-order valence-electron chi connectivity index (χ0n) is 28.6. The molecule has 0 bridgehead atoms. The predicted octanol–water partition coefficient (Wildman–Crippen LogP) is 3.02. The lowest BCUT2D eigenvalue weighted by Gasteiger charge is -2.17. The first kappa shape index (κ1) is 37.0. The average Bonchev–Trinajstić information content (AvgIpc) is 3.15. The van der Waals surface area contributed by atoms with Crippen LogP contribution in [0.2, 0.25) is 0 Å². The maximum Gasteiger partial charge on any atom is 0.356 e. The molecule has 1 aromatic heterocycles. The Balaban J connectivity index is 1.20. The summed E-state index contributed by atoms with van der Waals surface area (Å²) in [6.07, 6.45) is 16.1. The molecule has 0 saturated carbocycles. The number of carbonyl (C=O) groups excluding carboxylic acids is 2. The first-order valence-electron chi connectivity index (χ1n) is 16.3. The van der Waals surface area contributed by atoms with Gasteiger partial charge < -0.3 is 34.9 Å². The molecule has 2 heterocycles. The highest BCUT2D eigenvalue weighted by atomic mass is 16.5. The molecule has 1 aromatic rings. The normalized spacial score (nSPS) is 19.6. The molecule has 0 radical (unpaired) electrons. The molecule has 1 aliphatic heterocycles. The van der Waals surface area contributed by atoms with Crippen LogP contribution in [-0.2, 0) is 30.3 Å².